The molecule has 0 aliphatic rings. The van der Waals surface area contributed by atoms with E-state index >= 15 is 0 Å². The van der Waals surface area contributed by atoms with Crippen molar-refractivity contribution in [2.24, 2.45) is 5.92 Å². The van der Waals surface area contributed by atoms with Crippen LogP contribution in [0.25, 0.3) is 0 Å². The van der Waals surface area contributed by atoms with Crippen LogP contribution in [0.3, 0.4) is 0 Å². The first-order valence-corrected chi connectivity index (χ1v) is 8.29. The second kappa shape index (κ2) is 12.2. The van der Waals surface area contributed by atoms with Gasteiger partial charge in [0.1, 0.15) is 0 Å². The fraction of sp³-hybridized carbons (Fsp3) is 0.750. The molecule has 0 aromatic heterocycles. The predicted molar refractivity (Wildman–Crippen MR) is 79.1 cm³/mol. The predicted octanol–water partition coefficient (Wildman–Crippen LogP) is 1.75. The van der Waals surface area contributed by atoms with Crippen molar-refractivity contribution in [3.05, 3.63) is 0 Å². The fourth-order valence-electron chi connectivity index (χ4n) is 0.882. The summed E-state index contributed by atoms with van der Waals surface area (Å²) in [7, 11) is 5.49. The number of carbonyl (C=O) groups is 1. The molecule has 0 spiro atoms. The van der Waals surface area contributed by atoms with Crippen LogP contribution < -0.4 is 10.6 Å². The van der Waals surface area contributed by atoms with Crippen LogP contribution in [0.5, 0.6) is 0 Å². The van der Waals surface area contributed by atoms with Crippen molar-refractivity contribution in [2.75, 3.05) is 31.6 Å². The number of hydrogen-bond acceptors (Lipinski definition) is 4. The van der Waals surface area contributed by atoms with Crippen LogP contribution in [0.2, 0.25) is 0 Å². The van der Waals surface area contributed by atoms with Crippen molar-refractivity contribution in [3.8, 4) is 11.8 Å². The zero-order valence-corrected chi connectivity index (χ0v) is 12.5. The minimum atomic E-state index is 0.0878. The van der Waals surface area contributed by atoms with Crippen molar-refractivity contribution in [1.82, 2.24) is 10.6 Å². The molecule has 0 radical (unpaired) electrons. The van der Waals surface area contributed by atoms with Crippen LogP contribution >= 0.6 is 21.6 Å². The van der Waals surface area contributed by atoms with Gasteiger partial charge in [0.2, 0.25) is 5.91 Å². The zero-order valence-electron chi connectivity index (χ0n) is 10.8. The molecule has 0 saturated carbocycles. The summed E-state index contributed by atoms with van der Waals surface area (Å²) in [6.07, 6.45) is 0.570. The van der Waals surface area contributed by atoms with E-state index in [1.165, 1.54) is 0 Å². The summed E-state index contributed by atoms with van der Waals surface area (Å²) < 4.78 is 0. The van der Waals surface area contributed by atoms with Crippen molar-refractivity contribution >= 4 is 27.5 Å². The Morgan fingerprint density at radius 1 is 1.29 bits per heavy atom. The first-order valence-electron chi connectivity index (χ1n) is 5.81. The Labute approximate surface area is 113 Å². The van der Waals surface area contributed by atoms with E-state index in [2.05, 4.69) is 22.5 Å². The molecule has 0 heterocycles. The Balaban J connectivity index is 3.33. The number of hydrogen-bond donors (Lipinski definition) is 2. The molecule has 3 nitrogen and oxygen atoms in total. The second-order valence-electron chi connectivity index (χ2n) is 3.75. The molecule has 0 unspecified atom stereocenters. The summed E-state index contributed by atoms with van der Waals surface area (Å²) in [5.74, 6) is 8.33. The molecule has 17 heavy (non-hydrogen) atoms. The van der Waals surface area contributed by atoms with E-state index in [-0.39, 0.29) is 5.91 Å². The second-order valence-corrected chi connectivity index (χ2v) is 6.45. The molecule has 0 rings (SSSR count). The quantitative estimate of drug-likeness (QED) is 0.402. The average Bonchev–Trinajstić information content (AvgIpc) is 2.29. The van der Waals surface area contributed by atoms with Crippen molar-refractivity contribution in [1.29, 1.82) is 0 Å². The molecule has 0 aromatic rings. The van der Waals surface area contributed by atoms with Gasteiger partial charge in [0.25, 0.3) is 0 Å². The highest BCUT2D eigenvalue weighted by molar-refractivity contribution is 8.76. The van der Waals surface area contributed by atoms with Gasteiger partial charge in [-0.3, -0.25) is 4.79 Å². The summed E-state index contributed by atoms with van der Waals surface area (Å²) in [5, 5.41) is 5.87. The molecule has 98 valence electrons. The van der Waals surface area contributed by atoms with E-state index in [1.807, 2.05) is 20.9 Å². The Bertz CT molecular complexity index is 259. The van der Waals surface area contributed by atoms with E-state index in [0.717, 1.165) is 18.1 Å². The van der Waals surface area contributed by atoms with E-state index in [0.29, 0.717) is 18.9 Å². The van der Waals surface area contributed by atoms with Gasteiger partial charge in [-0.25, -0.2) is 0 Å². The highest BCUT2D eigenvalue weighted by Crippen LogP contribution is 2.20. The molecule has 2 N–H and O–H groups in total. The lowest BCUT2D eigenvalue weighted by atomic mass is 10.2. The van der Waals surface area contributed by atoms with Gasteiger partial charge in [-0.05, 0) is 7.05 Å². The topological polar surface area (TPSA) is 41.1 Å². The van der Waals surface area contributed by atoms with E-state index < -0.39 is 0 Å². The van der Waals surface area contributed by atoms with Crippen LogP contribution in [0.4, 0.5) is 0 Å². The van der Waals surface area contributed by atoms with Crippen molar-refractivity contribution in [2.45, 2.75) is 20.3 Å². The molecule has 0 aliphatic carbocycles. The first kappa shape index (κ1) is 16.7. The van der Waals surface area contributed by atoms with Gasteiger partial charge in [-0.15, -0.1) is 0 Å². The number of rotatable bonds is 8. The summed E-state index contributed by atoms with van der Waals surface area (Å²) in [5.41, 5.74) is 0. The Morgan fingerprint density at radius 2 is 2.00 bits per heavy atom. The molecule has 0 atom stereocenters. The summed E-state index contributed by atoms with van der Waals surface area (Å²) in [4.78, 5) is 11.4. The molecular weight excluding hydrogens is 252 g/mol. The first-order chi connectivity index (χ1) is 8.16. The molecule has 0 aliphatic heterocycles. The van der Waals surface area contributed by atoms with Crippen LogP contribution in [-0.2, 0) is 4.79 Å². The number of carbonyl (C=O) groups excluding carboxylic acids is 1. The number of nitrogens with one attached hydrogen (secondary N) is 2. The Hall–Kier alpha value is -0.310. The molecular formula is C12H22N2OS2. The lowest BCUT2D eigenvalue weighted by Crippen LogP contribution is -2.23. The van der Waals surface area contributed by atoms with Crippen LogP contribution in [0.15, 0.2) is 0 Å². The monoisotopic (exact) mass is 274 g/mol. The lowest BCUT2D eigenvalue weighted by Gasteiger charge is -2.01. The third-order valence-electron chi connectivity index (χ3n) is 1.70. The Morgan fingerprint density at radius 3 is 2.65 bits per heavy atom. The van der Waals surface area contributed by atoms with E-state index in [9.17, 15) is 4.79 Å². The van der Waals surface area contributed by atoms with Gasteiger partial charge in [-0.1, -0.05) is 47.3 Å². The molecule has 0 aromatic carbocycles. The maximum Gasteiger partial charge on any atom is 0.221 e. The Kier molecular flexibility index (Phi) is 11.9. The van der Waals surface area contributed by atoms with Crippen molar-refractivity contribution < 1.29 is 4.79 Å². The largest absolute Gasteiger partial charge is 0.345 e. The molecule has 0 bridgehead atoms. The fourth-order valence-corrected chi connectivity index (χ4v) is 2.88. The maximum absolute atomic E-state index is 11.4. The van der Waals surface area contributed by atoms with E-state index in [1.54, 1.807) is 21.6 Å². The molecule has 5 heteroatoms. The maximum atomic E-state index is 11.4. The van der Waals surface area contributed by atoms with Crippen molar-refractivity contribution in [3.63, 3.8) is 0 Å². The third-order valence-corrected chi connectivity index (χ3v) is 4.10. The summed E-state index contributed by atoms with van der Waals surface area (Å²) in [6, 6.07) is 0. The molecule has 0 fully saturated rings. The normalized spacial score (nSPS) is 9.88. The van der Waals surface area contributed by atoms with Gasteiger partial charge in [-0.2, -0.15) is 0 Å². The van der Waals surface area contributed by atoms with Gasteiger partial charge >= 0.3 is 0 Å². The van der Waals surface area contributed by atoms with Gasteiger partial charge in [0.05, 0.1) is 6.54 Å². The minimum Gasteiger partial charge on any atom is -0.345 e. The highest BCUT2D eigenvalue weighted by Gasteiger charge is 1.99. The van der Waals surface area contributed by atoms with Crippen LogP contribution in [0, 0.1) is 17.8 Å². The third kappa shape index (κ3) is 13.6. The lowest BCUT2D eigenvalue weighted by molar-refractivity contribution is -0.120. The smallest absolute Gasteiger partial charge is 0.221 e. The van der Waals surface area contributed by atoms with Gasteiger partial charge < -0.3 is 10.6 Å². The number of amides is 1. The standard InChI is InChI=1S/C12H22N2OS2/c1-11(2)5-4-7-14-12(15)6-9-16-17-10-8-13-3/h11,13H,6-10H2,1-3H3,(H,14,15). The molecule has 0 saturated heterocycles. The van der Waals surface area contributed by atoms with Gasteiger partial charge in [0.15, 0.2) is 0 Å². The highest BCUT2D eigenvalue weighted by atomic mass is 33.1. The van der Waals surface area contributed by atoms with Gasteiger partial charge in [0, 0.05) is 30.4 Å². The minimum absolute atomic E-state index is 0.0878. The SMILES string of the molecule is CNCCSSCCC(=O)NCC#CC(C)C. The summed E-state index contributed by atoms with van der Waals surface area (Å²) in [6.45, 7) is 5.55. The average molecular weight is 274 g/mol. The van der Waals surface area contributed by atoms with Crippen LogP contribution in [0.1, 0.15) is 20.3 Å². The van der Waals surface area contributed by atoms with Crippen LogP contribution in [-0.4, -0.2) is 37.6 Å². The summed E-state index contributed by atoms with van der Waals surface area (Å²) >= 11 is 0. The van der Waals surface area contributed by atoms with E-state index in [4.69, 9.17) is 0 Å². The zero-order chi connectivity index (χ0) is 12.9. The molecule has 1 amide bonds.